The van der Waals surface area contributed by atoms with Crippen LogP contribution < -0.4 is 16.1 Å². The van der Waals surface area contributed by atoms with Crippen LogP contribution in [0.5, 0.6) is 0 Å². The number of carbonyl (C=O) groups excluding carboxylic acids is 1. The maximum absolute atomic E-state index is 13.0. The second-order valence-electron chi connectivity index (χ2n) is 7.24. The van der Waals surface area contributed by atoms with Crippen molar-refractivity contribution in [2.45, 2.75) is 25.0 Å². The fourth-order valence-corrected chi connectivity index (χ4v) is 3.79. The van der Waals surface area contributed by atoms with E-state index in [1.165, 1.54) is 6.07 Å². The molecule has 1 fully saturated rings. The van der Waals surface area contributed by atoms with Gasteiger partial charge in [-0.05, 0) is 43.1 Å². The highest BCUT2D eigenvalue weighted by atomic mass is 16.3. The summed E-state index contributed by atoms with van der Waals surface area (Å²) in [5.74, 6) is -0.588. The van der Waals surface area contributed by atoms with Crippen molar-refractivity contribution < 1.29 is 14.3 Å². The molecule has 3 aromatic rings. The first-order valence-corrected chi connectivity index (χ1v) is 9.31. The Balaban J connectivity index is 1.75. The summed E-state index contributed by atoms with van der Waals surface area (Å²) in [5, 5.41) is 17.3. The lowest BCUT2D eigenvalue weighted by Gasteiger charge is -2.42. The van der Waals surface area contributed by atoms with E-state index in [0.717, 1.165) is 11.1 Å². The number of β-amino-alcohol motifs (C(OH)–C–C–N with tert-alkyl or cyclic N) is 1. The predicted octanol–water partition coefficient (Wildman–Crippen LogP) is 2.08. The van der Waals surface area contributed by atoms with Gasteiger partial charge in [-0.2, -0.15) is 0 Å². The van der Waals surface area contributed by atoms with Gasteiger partial charge >= 0.3 is 0 Å². The number of rotatable bonds is 3. The molecule has 0 spiro atoms. The Kier molecular flexibility index (Phi) is 4.75. The molecular formula is C22H22N2O4. The molecule has 0 radical (unpaired) electrons. The lowest BCUT2D eigenvalue weighted by molar-refractivity contribution is 0.0280. The molecule has 1 saturated heterocycles. The number of aryl methyl sites for hydroxylation is 1. The zero-order chi connectivity index (χ0) is 19.7. The zero-order valence-electron chi connectivity index (χ0n) is 15.6. The molecule has 2 heterocycles. The van der Waals surface area contributed by atoms with Crippen LogP contribution in [0.4, 0.5) is 0 Å². The van der Waals surface area contributed by atoms with Crippen LogP contribution in [-0.2, 0) is 5.54 Å². The SMILES string of the molecule is Cc1ccc2c(=O)cc(C(=O)N[C@@]3(c4ccccc4)CCNC[C@H]3O)oc2c1. The van der Waals surface area contributed by atoms with Crippen LogP contribution in [0, 0.1) is 6.92 Å². The quantitative estimate of drug-likeness (QED) is 0.649. The van der Waals surface area contributed by atoms with E-state index < -0.39 is 17.6 Å². The first kappa shape index (κ1) is 18.4. The molecule has 1 aliphatic heterocycles. The zero-order valence-corrected chi connectivity index (χ0v) is 15.6. The minimum Gasteiger partial charge on any atom is -0.451 e. The van der Waals surface area contributed by atoms with E-state index in [4.69, 9.17) is 4.42 Å². The number of hydrogen-bond acceptors (Lipinski definition) is 5. The number of aliphatic hydroxyl groups excluding tert-OH is 1. The van der Waals surface area contributed by atoms with Gasteiger partial charge in [0.05, 0.1) is 17.0 Å². The van der Waals surface area contributed by atoms with Gasteiger partial charge in [0.1, 0.15) is 5.58 Å². The number of fused-ring (bicyclic) bond motifs is 1. The molecule has 0 bridgehead atoms. The normalized spacial score (nSPS) is 22.1. The lowest BCUT2D eigenvalue weighted by atomic mass is 9.79. The highest BCUT2D eigenvalue weighted by molar-refractivity contribution is 5.93. The molecule has 0 saturated carbocycles. The smallest absolute Gasteiger partial charge is 0.287 e. The monoisotopic (exact) mass is 378 g/mol. The maximum atomic E-state index is 13.0. The molecule has 2 atom stereocenters. The van der Waals surface area contributed by atoms with Gasteiger partial charge in [0, 0.05) is 12.6 Å². The molecule has 28 heavy (non-hydrogen) atoms. The Morgan fingerprint density at radius 1 is 1.21 bits per heavy atom. The Morgan fingerprint density at radius 3 is 2.75 bits per heavy atom. The molecule has 1 aliphatic rings. The average molecular weight is 378 g/mol. The van der Waals surface area contributed by atoms with Crippen molar-refractivity contribution >= 4 is 16.9 Å². The van der Waals surface area contributed by atoms with Crippen LogP contribution in [0.15, 0.2) is 63.8 Å². The summed E-state index contributed by atoms with van der Waals surface area (Å²) in [7, 11) is 0. The fourth-order valence-electron chi connectivity index (χ4n) is 3.79. The maximum Gasteiger partial charge on any atom is 0.287 e. The minimum atomic E-state index is -0.955. The topological polar surface area (TPSA) is 91.6 Å². The second-order valence-corrected chi connectivity index (χ2v) is 7.24. The van der Waals surface area contributed by atoms with Crippen molar-refractivity contribution in [3.8, 4) is 0 Å². The van der Waals surface area contributed by atoms with E-state index in [-0.39, 0.29) is 11.2 Å². The number of amides is 1. The van der Waals surface area contributed by atoms with E-state index in [0.29, 0.717) is 30.5 Å². The van der Waals surface area contributed by atoms with Gasteiger partial charge in [-0.1, -0.05) is 36.4 Å². The van der Waals surface area contributed by atoms with Gasteiger partial charge in [0.25, 0.3) is 5.91 Å². The van der Waals surface area contributed by atoms with Gasteiger partial charge in [-0.25, -0.2) is 0 Å². The van der Waals surface area contributed by atoms with Crippen LogP contribution in [-0.4, -0.2) is 30.2 Å². The first-order chi connectivity index (χ1) is 13.5. The number of nitrogens with one attached hydrogen (secondary N) is 2. The Bertz CT molecular complexity index is 1080. The molecule has 144 valence electrons. The van der Waals surface area contributed by atoms with Crippen LogP contribution in [0.2, 0.25) is 0 Å². The Hall–Kier alpha value is -2.96. The predicted molar refractivity (Wildman–Crippen MR) is 106 cm³/mol. The van der Waals surface area contributed by atoms with E-state index in [1.807, 2.05) is 43.3 Å². The van der Waals surface area contributed by atoms with E-state index in [2.05, 4.69) is 10.6 Å². The van der Waals surface area contributed by atoms with Crippen molar-refractivity contribution in [1.29, 1.82) is 0 Å². The largest absolute Gasteiger partial charge is 0.451 e. The summed E-state index contributed by atoms with van der Waals surface area (Å²) in [5.41, 5.74) is 0.895. The molecule has 6 nitrogen and oxygen atoms in total. The number of piperidine rings is 1. The van der Waals surface area contributed by atoms with Crippen molar-refractivity contribution in [2.24, 2.45) is 0 Å². The Labute approximate surface area is 162 Å². The summed E-state index contributed by atoms with van der Waals surface area (Å²) in [6.45, 7) is 2.89. The van der Waals surface area contributed by atoms with Crippen molar-refractivity contribution in [1.82, 2.24) is 10.6 Å². The third-order valence-corrected chi connectivity index (χ3v) is 5.34. The number of benzene rings is 2. The van der Waals surface area contributed by atoms with Crippen molar-refractivity contribution in [3.05, 3.63) is 81.7 Å². The summed E-state index contributed by atoms with van der Waals surface area (Å²) in [6.07, 6.45) is -0.303. The summed E-state index contributed by atoms with van der Waals surface area (Å²) in [6, 6.07) is 15.9. The molecule has 3 N–H and O–H groups in total. The molecular weight excluding hydrogens is 356 g/mol. The highest BCUT2D eigenvalue weighted by Crippen LogP contribution is 2.31. The third kappa shape index (κ3) is 3.21. The minimum absolute atomic E-state index is 0.0656. The van der Waals surface area contributed by atoms with Crippen molar-refractivity contribution in [3.63, 3.8) is 0 Å². The molecule has 1 amide bonds. The van der Waals surface area contributed by atoms with E-state index >= 15 is 0 Å². The highest BCUT2D eigenvalue weighted by Gasteiger charge is 2.43. The first-order valence-electron chi connectivity index (χ1n) is 9.31. The van der Waals surface area contributed by atoms with Gasteiger partial charge < -0.3 is 20.2 Å². The summed E-state index contributed by atoms with van der Waals surface area (Å²) < 4.78 is 5.73. The number of carbonyl (C=O) groups is 1. The summed E-state index contributed by atoms with van der Waals surface area (Å²) >= 11 is 0. The van der Waals surface area contributed by atoms with Gasteiger partial charge in [-0.3, -0.25) is 9.59 Å². The van der Waals surface area contributed by atoms with Crippen LogP contribution in [0.1, 0.15) is 28.1 Å². The molecule has 0 aliphatic carbocycles. The molecule has 2 aromatic carbocycles. The Morgan fingerprint density at radius 2 is 2.00 bits per heavy atom. The third-order valence-electron chi connectivity index (χ3n) is 5.34. The lowest BCUT2D eigenvalue weighted by Crippen LogP contribution is -2.61. The number of hydrogen-bond donors (Lipinski definition) is 3. The molecule has 6 heteroatoms. The van der Waals surface area contributed by atoms with Gasteiger partial charge in [0.2, 0.25) is 0 Å². The second kappa shape index (κ2) is 7.22. The van der Waals surface area contributed by atoms with Gasteiger partial charge in [0.15, 0.2) is 11.2 Å². The molecule has 4 rings (SSSR count). The van der Waals surface area contributed by atoms with Crippen LogP contribution in [0.25, 0.3) is 11.0 Å². The van der Waals surface area contributed by atoms with Crippen LogP contribution in [0.3, 0.4) is 0 Å². The van der Waals surface area contributed by atoms with Crippen molar-refractivity contribution in [2.75, 3.05) is 13.1 Å². The van der Waals surface area contributed by atoms with E-state index in [9.17, 15) is 14.7 Å². The van der Waals surface area contributed by atoms with E-state index in [1.54, 1.807) is 12.1 Å². The van der Waals surface area contributed by atoms with Crippen LogP contribution >= 0.6 is 0 Å². The van der Waals surface area contributed by atoms with Gasteiger partial charge in [-0.15, -0.1) is 0 Å². The summed E-state index contributed by atoms with van der Waals surface area (Å²) in [4.78, 5) is 25.5. The molecule has 0 unspecified atom stereocenters. The fraction of sp³-hybridized carbons (Fsp3) is 0.273. The molecule has 1 aromatic heterocycles. The number of aliphatic hydroxyl groups is 1. The average Bonchev–Trinajstić information content (AvgIpc) is 2.70. The standard InChI is InChI=1S/C22H22N2O4/c1-14-7-8-16-17(25)12-19(28-18(16)11-14)21(27)24-22(9-10-23-13-20(22)26)15-5-3-2-4-6-15/h2-8,11-12,20,23,26H,9-10,13H2,1H3,(H,24,27)/t20-,22-/m1/s1.